The standard InChI is InChI=1S/C13H16N4O3S/c1-20-5-4-17-7-9(2-3-12(17)19)15-11(18)6-10-8-21-13(14)16-10/h2-3,7-8H,4-6H2,1H3,(H2,14,16)(H,15,18). The molecule has 7 nitrogen and oxygen atoms in total. The molecule has 3 N–H and O–H groups in total. The summed E-state index contributed by atoms with van der Waals surface area (Å²) in [7, 11) is 1.57. The number of amides is 1. The number of hydrogen-bond donors (Lipinski definition) is 2. The maximum absolute atomic E-state index is 11.9. The molecule has 2 rings (SSSR count). The maximum Gasteiger partial charge on any atom is 0.250 e. The van der Waals surface area contributed by atoms with Crippen LogP contribution < -0.4 is 16.6 Å². The first-order chi connectivity index (χ1) is 10.1. The van der Waals surface area contributed by atoms with Gasteiger partial charge in [0.15, 0.2) is 5.13 Å². The lowest BCUT2D eigenvalue weighted by atomic mass is 10.3. The molecular weight excluding hydrogens is 292 g/mol. The molecule has 0 spiro atoms. The number of nitrogens with two attached hydrogens (primary N) is 1. The first-order valence-electron chi connectivity index (χ1n) is 6.27. The molecule has 8 heteroatoms. The first-order valence-corrected chi connectivity index (χ1v) is 7.15. The van der Waals surface area contributed by atoms with E-state index in [1.807, 2.05) is 0 Å². The van der Waals surface area contributed by atoms with E-state index in [0.717, 1.165) is 0 Å². The van der Waals surface area contributed by atoms with Crippen molar-refractivity contribution in [3.05, 3.63) is 39.8 Å². The second kappa shape index (κ2) is 7.00. The fourth-order valence-corrected chi connectivity index (χ4v) is 2.31. The van der Waals surface area contributed by atoms with Crippen molar-refractivity contribution in [1.82, 2.24) is 9.55 Å². The third-order valence-corrected chi connectivity index (χ3v) is 3.44. The summed E-state index contributed by atoms with van der Waals surface area (Å²) in [6.07, 6.45) is 1.74. The van der Waals surface area contributed by atoms with Crippen molar-refractivity contribution >= 4 is 28.1 Å². The highest BCUT2D eigenvalue weighted by atomic mass is 32.1. The van der Waals surface area contributed by atoms with Gasteiger partial charge in [0.25, 0.3) is 5.56 Å². The van der Waals surface area contributed by atoms with Crippen molar-refractivity contribution in [2.24, 2.45) is 0 Å². The van der Waals surface area contributed by atoms with Crippen molar-refractivity contribution in [1.29, 1.82) is 0 Å². The molecule has 2 aromatic heterocycles. The van der Waals surface area contributed by atoms with E-state index in [1.54, 1.807) is 24.8 Å². The van der Waals surface area contributed by atoms with Gasteiger partial charge in [0.2, 0.25) is 5.91 Å². The van der Waals surface area contributed by atoms with Crippen LogP contribution in [0.5, 0.6) is 0 Å². The van der Waals surface area contributed by atoms with Gasteiger partial charge in [0, 0.05) is 31.3 Å². The zero-order valence-electron chi connectivity index (χ0n) is 11.5. The average molecular weight is 308 g/mol. The summed E-state index contributed by atoms with van der Waals surface area (Å²) < 4.78 is 6.42. The minimum atomic E-state index is -0.211. The highest BCUT2D eigenvalue weighted by Gasteiger charge is 2.08. The van der Waals surface area contributed by atoms with E-state index < -0.39 is 0 Å². The van der Waals surface area contributed by atoms with E-state index in [4.69, 9.17) is 10.5 Å². The molecule has 112 valence electrons. The van der Waals surface area contributed by atoms with E-state index in [1.165, 1.54) is 22.0 Å². The highest BCUT2D eigenvalue weighted by Crippen LogP contribution is 2.12. The predicted molar refractivity (Wildman–Crippen MR) is 81.4 cm³/mol. The molecule has 0 aliphatic rings. The van der Waals surface area contributed by atoms with E-state index in [0.29, 0.717) is 29.7 Å². The fourth-order valence-electron chi connectivity index (χ4n) is 1.74. The van der Waals surface area contributed by atoms with Crippen LogP contribution in [0.25, 0.3) is 0 Å². The Labute approximate surface area is 125 Å². The Hall–Kier alpha value is -2.19. The third kappa shape index (κ3) is 4.40. The number of thiazole rings is 1. The Morgan fingerprint density at radius 3 is 3.00 bits per heavy atom. The lowest BCUT2D eigenvalue weighted by Gasteiger charge is -2.08. The van der Waals surface area contributed by atoms with Crippen LogP contribution in [0.1, 0.15) is 5.69 Å². The Balaban J connectivity index is 2.01. The average Bonchev–Trinajstić information content (AvgIpc) is 2.84. The van der Waals surface area contributed by atoms with Crippen LogP contribution in [0.15, 0.2) is 28.5 Å². The smallest absolute Gasteiger partial charge is 0.250 e. The maximum atomic E-state index is 11.9. The van der Waals surface area contributed by atoms with Gasteiger partial charge in [-0.3, -0.25) is 9.59 Å². The molecule has 0 aliphatic heterocycles. The quantitative estimate of drug-likeness (QED) is 0.819. The molecule has 0 bridgehead atoms. The number of methoxy groups -OCH3 is 1. The molecule has 2 aromatic rings. The summed E-state index contributed by atoms with van der Waals surface area (Å²) in [5.74, 6) is -0.211. The highest BCUT2D eigenvalue weighted by molar-refractivity contribution is 7.13. The van der Waals surface area contributed by atoms with Gasteiger partial charge in [-0.25, -0.2) is 4.98 Å². The van der Waals surface area contributed by atoms with Crippen molar-refractivity contribution in [2.45, 2.75) is 13.0 Å². The molecule has 0 fully saturated rings. The lowest BCUT2D eigenvalue weighted by molar-refractivity contribution is -0.115. The van der Waals surface area contributed by atoms with Gasteiger partial charge in [-0.15, -0.1) is 11.3 Å². The van der Waals surface area contributed by atoms with Crippen LogP contribution in [-0.4, -0.2) is 29.2 Å². The second-order valence-electron chi connectivity index (χ2n) is 4.34. The van der Waals surface area contributed by atoms with Crippen molar-refractivity contribution in [3.8, 4) is 0 Å². The van der Waals surface area contributed by atoms with Crippen molar-refractivity contribution in [3.63, 3.8) is 0 Å². The number of nitrogens with one attached hydrogen (secondary N) is 1. The summed E-state index contributed by atoms with van der Waals surface area (Å²) >= 11 is 1.29. The van der Waals surface area contributed by atoms with Gasteiger partial charge in [-0.1, -0.05) is 0 Å². The number of nitrogen functional groups attached to an aromatic ring is 1. The number of anilines is 2. The second-order valence-corrected chi connectivity index (χ2v) is 5.23. The molecule has 0 saturated heterocycles. The molecule has 1 amide bonds. The number of nitrogens with zero attached hydrogens (tertiary/aromatic N) is 2. The Morgan fingerprint density at radius 1 is 1.52 bits per heavy atom. The minimum Gasteiger partial charge on any atom is -0.383 e. The zero-order chi connectivity index (χ0) is 15.2. The van der Waals surface area contributed by atoms with Crippen LogP contribution in [0.3, 0.4) is 0 Å². The number of ether oxygens (including phenoxy) is 1. The van der Waals surface area contributed by atoms with Crippen LogP contribution in [0.2, 0.25) is 0 Å². The molecule has 2 heterocycles. The Bertz CT molecular complexity index is 680. The molecule has 0 saturated carbocycles. The van der Waals surface area contributed by atoms with Gasteiger partial charge in [0.1, 0.15) is 0 Å². The third-order valence-electron chi connectivity index (χ3n) is 2.71. The van der Waals surface area contributed by atoms with Crippen LogP contribution in [-0.2, 0) is 22.5 Å². The first kappa shape index (κ1) is 15.2. The summed E-state index contributed by atoms with van der Waals surface area (Å²) in [6, 6.07) is 2.98. The topological polar surface area (TPSA) is 99.2 Å². The Kier molecular flexibility index (Phi) is 5.07. The number of rotatable bonds is 6. The number of carbonyl (C=O) groups excluding carboxylic acids is 1. The van der Waals surface area contributed by atoms with Crippen LogP contribution >= 0.6 is 11.3 Å². The van der Waals surface area contributed by atoms with Crippen molar-refractivity contribution in [2.75, 3.05) is 24.8 Å². The number of pyridine rings is 1. The molecule has 0 unspecified atom stereocenters. The summed E-state index contributed by atoms with van der Waals surface area (Å²) in [5, 5.41) is 4.91. The van der Waals surface area contributed by atoms with Gasteiger partial charge in [0.05, 0.1) is 24.4 Å². The van der Waals surface area contributed by atoms with Crippen molar-refractivity contribution < 1.29 is 9.53 Å². The molecule has 0 atom stereocenters. The van der Waals surface area contributed by atoms with E-state index >= 15 is 0 Å². The number of carbonyl (C=O) groups is 1. The summed E-state index contributed by atoms with van der Waals surface area (Å²) in [4.78, 5) is 27.6. The van der Waals surface area contributed by atoms with Gasteiger partial charge >= 0.3 is 0 Å². The Morgan fingerprint density at radius 2 is 2.33 bits per heavy atom. The van der Waals surface area contributed by atoms with Gasteiger partial charge in [-0.2, -0.15) is 0 Å². The molecule has 21 heavy (non-hydrogen) atoms. The normalized spacial score (nSPS) is 10.5. The van der Waals surface area contributed by atoms with Crippen LogP contribution in [0, 0.1) is 0 Å². The van der Waals surface area contributed by atoms with Crippen LogP contribution in [0.4, 0.5) is 10.8 Å². The van der Waals surface area contributed by atoms with E-state index in [2.05, 4.69) is 10.3 Å². The molecular formula is C13H16N4O3S. The summed E-state index contributed by atoms with van der Waals surface area (Å²) in [6.45, 7) is 0.858. The minimum absolute atomic E-state index is 0.141. The zero-order valence-corrected chi connectivity index (χ0v) is 12.4. The largest absolute Gasteiger partial charge is 0.383 e. The lowest BCUT2D eigenvalue weighted by Crippen LogP contribution is -2.22. The summed E-state index contributed by atoms with van der Waals surface area (Å²) in [5.41, 5.74) is 6.56. The fraction of sp³-hybridized carbons (Fsp3) is 0.308. The van der Waals surface area contributed by atoms with E-state index in [9.17, 15) is 9.59 Å². The van der Waals surface area contributed by atoms with E-state index in [-0.39, 0.29) is 17.9 Å². The van der Waals surface area contributed by atoms with Gasteiger partial charge < -0.3 is 20.4 Å². The monoisotopic (exact) mass is 308 g/mol. The number of hydrogen-bond acceptors (Lipinski definition) is 6. The molecule has 0 aliphatic carbocycles. The molecule has 0 radical (unpaired) electrons. The SMILES string of the molecule is COCCn1cc(NC(=O)Cc2csc(N)n2)ccc1=O. The predicted octanol–water partition coefficient (Wildman–Crippen LogP) is 0.715. The van der Waals surface area contributed by atoms with Gasteiger partial charge in [-0.05, 0) is 6.07 Å². The number of aromatic nitrogens is 2. The molecule has 0 aromatic carbocycles.